The second kappa shape index (κ2) is 3.56. The highest BCUT2D eigenvalue weighted by molar-refractivity contribution is 8.01. The zero-order valence-electron chi connectivity index (χ0n) is 7.07. The Balaban J connectivity index is 4.33. The van der Waals surface area contributed by atoms with Crippen LogP contribution in [0.5, 0.6) is 0 Å². The fraction of sp³-hybridized carbons (Fsp3) is 0.857. The maximum atomic E-state index is 12.0. The predicted octanol–water partition coefficient (Wildman–Crippen LogP) is 2.97. The minimum Gasteiger partial charge on any atom is -0.197 e. The van der Waals surface area contributed by atoms with Gasteiger partial charge in [-0.15, -0.1) is 11.8 Å². The first-order valence-electron chi connectivity index (χ1n) is 3.31. The summed E-state index contributed by atoms with van der Waals surface area (Å²) in [6.45, 7) is 4.94. The van der Waals surface area contributed by atoms with E-state index >= 15 is 0 Å². The number of hydrogen-bond donors (Lipinski definition) is 0. The van der Waals surface area contributed by atoms with Gasteiger partial charge in [0.15, 0.2) is 5.25 Å². The van der Waals surface area contributed by atoms with E-state index in [2.05, 4.69) is 0 Å². The third-order valence-corrected chi connectivity index (χ3v) is 2.20. The van der Waals surface area contributed by atoms with Crippen LogP contribution in [0.3, 0.4) is 0 Å². The third kappa shape index (κ3) is 4.50. The third-order valence-electron chi connectivity index (χ3n) is 0.886. The molecule has 1 nitrogen and oxygen atoms in total. The van der Waals surface area contributed by atoms with Gasteiger partial charge in [0.25, 0.3) is 0 Å². The van der Waals surface area contributed by atoms with Crippen molar-refractivity contribution < 1.29 is 13.2 Å². The van der Waals surface area contributed by atoms with E-state index in [4.69, 9.17) is 5.26 Å². The van der Waals surface area contributed by atoms with Gasteiger partial charge in [0, 0.05) is 4.75 Å². The van der Waals surface area contributed by atoms with Gasteiger partial charge in [0.05, 0.1) is 6.07 Å². The first-order valence-corrected chi connectivity index (χ1v) is 4.19. The van der Waals surface area contributed by atoms with Crippen molar-refractivity contribution in [3.8, 4) is 6.07 Å². The molecule has 1 unspecified atom stereocenters. The van der Waals surface area contributed by atoms with Crippen molar-refractivity contribution in [2.24, 2.45) is 0 Å². The van der Waals surface area contributed by atoms with Gasteiger partial charge in [-0.1, -0.05) is 20.8 Å². The van der Waals surface area contributed by atoms with Crippen LogP contribution in [-0.4, -0.2) is 16.2 Å². The molecule has 0 rings (SSSR count). The second-order valence-electron chi connectivity index (χ2n) is 3.28. The van der Waals surface area contributed by atoms with Gasteiger partial charge in [-0.3, -0.25) is 0 Å². The molecular formula is C7H10F3NS. The van der Waals surface area contributed by atoms with Crippen LogP contribution >= 0.6 is 11.8 Å². The lowest BCUT2D eigenvalue weighted by atomic mass is 10.3. The SMILES string of the molecule is CC(C)(C)SC(C#N)C(F)(F)F. The first-order chi connectivity index (χ1) is 5.17. The fourth-order valence-corrected chi connectivity index (χ4v) is 1.41. The molecule has 12 heavy (non-hydrogen) atoms. The van der Waals surface area contributed by atoms with Crippen molar-refractivity contribution >= 4 is 11.8 Å². The average Bonchev–Trinajstić information content (AvgIpc) is 1.78. The van der Waals surface area contributed by atoms with E-state index in [0.29, 0.717) is 11.8 Å². The molecular weight excluding hydrogens is 187 g/mol. The Kier molecular flexibility index (Phi) is 3.45. The quantitative estimate of drug-likeness (QED) is 0.645. The molecule has 5 heteroatoms. The fourth-order valence-electron chi connectivity index (χ4n) is 0.520. The van der Waals surface area contributed by atoms with Crippen LogP contribution in [0.4, 0.5) is 13.2 Å². The van der Waals surface area contributed by atoms with Gasteiger partial charge in [0.1, 0.15) is 0 Å². The summed E-state index contributed by atoms with van der Waals surface area (Å²) in [6.07, 6.45) is -4.42. The van der Waals surface area contributed by atoms with Gasteiger partial charge in [0.2, 0.25) is 0 Å². The Morgan fingerprint density at radius 3 is 1.75 bits per heavy atom. The summed E-state index contributed by atoms with van der Waals surface area (Å²) >= 11 is 0.623. The summed E-state index contributed by atoms with van der Waals surface area (Å²) in [4.78, 5) is 0. The molecule has 0 saturated heterocycles. The molecule has 0 aliphatic heterocycles. The lowest BCUT2D eigenvalue weighted by Gasteiger charge is -2.22. The summed E-state index contributed by atoms with van der Waals surface area (Å²) in [6, 6.07) is 1.24. The van der Waals surface area contributed by atoms with Crippen LogP contribution < -0.4 is 0 Å². The highest BCUT2D eigenvalue weighted by Crippen LogP contribution is 2.37. The minimum atomic E-state index is -4.42. The Bertz CT molecular complexity index is 186. The lowest BCUT2D eigenvalue weighted by molar-refractivity contribution is -0.118. The highest BCUT2D eigenvalue weighted by Gasteiger charge is 2.42. The van der Waals surface area contributed by atoms with Crippen molar-refractivity contribution in [1.82, 2.24) is 0 Å². The van der Waals surface area contributed by atoms with Crippen molar-refractivity contribution in [3.63, 3.8) is 0 Å². The Morgan fingerprint density at radius 2 is 1.67 bits per heavy atom. The van der Waals surface area contributed by atoms with Gasteiger partial charge in [-0.25, -0.2) is 0 Å². The molecule has 0 aromatic rings. The number of rotatable bonds is 1. The monoisotopic (exact) mass is 197 g/mol. The smallest absolute Gasteiger partial charge is 0.197 e. The second-order valence-corrected chi connectivity index (χ2v) is 5.21. The van der Waals surface area contributed by atoms with Crippen LogP contribution in [0.15, 0.2) is 0 Å². The lowest BCUT2D eigenvalue weighted by Crippen LogP contribution is -2.28. The molecule has 0 bridgehead atoms. The zero-order chi connectivity index (χ0) is 9.99. The van der Waals surface area contributed by atoms with E-state index in [1.165, 1.54) is 6.07 Å². The van der Waals surface area contributed by atoms with E-state index in [1.807, 2.05) is 0 Å². The molecule has 0 aliphatic rings. The number of thioether (sulfide) groups is 1. The maximum Gasteiger partial charge on any atom is 0.413 e. The van der Waals surface area contributed by atoms with Crippen molar-refractivity contribution in [3.05, 3.63) is 0 Å². The summed E-state index contributed by atoms with van der Waals surface area (Å²) in [7, 11) is 0. The number of hydrogen-bond acceptors (Lipinski definition) is 2. The first kappa shape index (κ1) is 11.6. The Labute approximate surface area is 73.9 Å². The molecule has 0 aromatic heterocycles. The van der Waals surface area contributed by atoms with E-state index in [-0.39, 0.29) is 0 Å². The van der Waals surface area contributed by atoms with E-state index in [1.54, 1.807) is 20.8 Å². The molecule has 70 valence electrons. The zero-order valence-corrected chi connectivity index (χ0v) is 7.88. The van der Waals surface area contributed by atoms with Crippen molar-refractivity contribution in [2.45, 2.75) is 36.9 Å². The summed E-state index contributed by atoms with van der Waals surface area (Å²) in [5, 5.41) is 6.32. The molecule has 0 radical (unpaired) electrons. The molecule has 0 amide bonds. The van der Waals surface area contributed by atoms with Crippen LogP contribution in [0.1, 0.15) is 20.8 Å². The molecule has 0 heterocycles. The number of halogens is 3. The molecule has 0 saturated carbocycles. The van der Waals surface area contributed by atoms with E-state index in [0.717, 1.165) is 0 Å². The number of nitrogens with zero attached hydrogens (tertiary/aromatic N) is 1. The van der Waals surface area contributed by atoms with Crippen LogP contribution in [0, 0.1) is 11.3 Å². The Morgan fingerprint density at radius 1 is 1.25 bits per heavy atom. The normalized spacial score (nSPS) is 15.4. The van der Waals surface area contributed by atoms with E-state index in [9.17, 15) is 13.2 Å². The highest BCUT2D eigenvalue weighted by atomic mass is 32.2. The number of alkyl halides is 3. The van der Waals surface area contributed by atoms with Gasteiger partial charge < -0.3 is 0 Å². The van der Waals surface area contributed by atoms with Crippen molar-refractivity contribution in [1.29, 1.82) is 5.26 Å². The molecule has 0 aromatic carbocycles. The summed E-state index contributed by atoms with van der Waals surface area (Å²) < 4.78 is 35.5. The molecule has 0 aliphatic carbocycles. The standard InChI is InChI=1S/C7H10F3NS/c1-6(2,3)12-5(4-11)7(8,9)10/h5H,1-3H3. The van der Waals surface area contributed by atoms with Crippen LogP contribution in [0.2, 0.25) is 0 Å². The maximum absolute atomic E-state index is 12.0. The van der Waals surface area contributed by atoms with Gasteiger partial charge in [-0.05, 0) is 0 Å². The van der Waals surface area contributed by atoms with Crippen LogP contribution in [0.25, 0.3) is 0 Å². The van der Waals surface area contributed by atoms with Gasteiger partial charge in [-0.2, -0.15) is 18.4 Å². The van der Waals surface area contributed by atoms with Gasteiger partial charge >= 0.3 is 6.18 Å². The summed E-state index contributed by atoms with van der Waals surface area (Å²) in [5.74, 6) is 0. The molecule has 0 fully saturated rings. The number of nitriles is 1. The average molecular weight is 197 g/mol. The largest absolute Gasteiger partial charge is 0.413 e. The molecule has 0 spiro atoms. The van der Waals surface area contributed by atoms with Crippen molar-refractivity contribution in [2.75, 3.05) is 0 Å². The molecule has 1 atom stereocenters. The predicted molar refractivity (Wildman–Crippen MR) is 42.8 cm³/mol. The topological polar surface area (TPSA) is 23.8 Å². The summed E-state index contributed by atoms with van der Waals surface area (Å²) in [5.41, 5.74) is 0. The Hall–Kier alpha value is -0.370. The van der Waals surface area contributed by atoms with E-state index < -0.39 is 16.2 Å². The van der Waals surface area contributed by atoms with Crippen LogP contribution in [-0.2, 0) is 0 Å². The minimum absolute atomic E-state index is 0.546. The molecule has 0 N–H and O–H groups in total.